The van der Waals surface area contributed by atoms with E-state index in [1.54, 1.807) is 66.7 Å². The SMILES string of the molecule is CCCOc1ccc(C(=O)Oc2ccc(C=NNC(=O)COc3ccc(Cl)cc3)cc2OC)cc1. The van der Waals surface area contributed by atoms with E-state index in [0.717, 1.165) is 6.42 Å². The van der Waals surface area contributed by atoms with Crippen LogP contribution in [0.5, 0.6) is 23.0 Å². The highest BCUT2D eigenvalue weighted by molar-refractivity contribution is 6.30. The molecule has 0 atom stereocenters. The third kappa shape index (κ3) is 8.04. The van der Waals surface area contributed by atoms with Gasteiger partial charge in [0.15, 0.2) is 18.1 Å². The molecule has 3 aromatic carbocycles. The summed E-state index contributed by atoms with van der Waals surface area (Å²) in [4.78, 5) is 24.4. The standard InChI is InChI=1S/C26H25ClN2O6/c1-3-14-33-21-9-5-19(6-10-21)26(31)35-23-13-4-18(15-24(23)32-2)16-28-29-25(30)17-34-22-11-7-20(27)8-12-22/h4-13,15-16H,3,14,17H2,1-2H3,(H,29,30). The number of hydrogen-bond acceptors (Lipinski definition) is 7. The number of nitrogens with zero attached hydrogens (tertiary/aromatic N) is 1. The van der Waals surface area contributed by atoms with Crippen LogP contribution >= 0.6 is 11.6 Å². The van der Waals surface area contributed by atoms with Crippen LogP contribution in [0.15, 0.2) is 71.8 Å². The van der Waals surface area contributed by atoms with Crippen LogP contribution in [-0.2, 0) is 4.79 Å². The lowest BCUT2D eigenvalue weighted by atomic mass is 10.2. The Balaban J connectivity index is 1.54. The number of carbonyl (C=O) groups is 2. The molecule has 0 aliphatic carbocycles. The van der Waals surface area contributed by atoms with Crippen molar-refractivity contribution in [2.24, 2.45) is 5.10 Å². The molecule has 0 saturated heterocycles. The van der Waals surface area contributed by atoms with Crippen molar-refractivity contribution < 1.29 is 28.5 Å². The Hall–Kier alpha value is -4.04. The van der Waals surface area contributed by atoms with Gasteiger partial charge in [0.1, 0.15) is 11.5 Å². The lowest BCUT2D eigenvalue weighted by Crippen LogP contribution is -2.24. The van der Waals surface area contributed by atoms with Crippen LogP contribution in [0.2, 0.25) is 5.02 Å². The monoisotopic (exact) mass is 496 g/mol. The predicted octanol–water partition coefficient (Wildman–Crippen LogP) is 4.89. The number of amides is 1. The van der Waals surface area contributed by atoms with E-state index in [0.29, 0.717) is 40.0 Å². The van der Waals surface area contributed by atoms with E-state index in [-0.39, 0.29) is 12.4 Å². The topological polar surface area (TPSA) is 95.5 Å². The summed E-state index contributed by atoms with van der Waals surface area (Å²) in [6.45, 7) is 2.42. The molecule has 3 rings (SSSR count). The molecule has 8 nitrogen and oxygen atoms in total. The number of esters is 1. The van der Waals surface area contributed by atoms with Crippen molar-refractivity contribution in [3.63, 3.8) is 0 Å². The maximum Gasteiger partial charge on any atom is 0.343 e. The summed E-state index contributed by atoms with van der Waals surface area (Å²) in [5.41, 5.74) is 3.38. The van der Waals surface area contributed by atoms with Crippen LogP contribution in [-0.4, -0.2) is 38.4 Å². The molecule has 1 amide bonds. The van der Waals surface area contributed by atoms with Crippen LogP contribution in [0, 0.1) is 0 Å². The molecule has 3 aromatic rings. The smallest absolute Gasteiger partial charge is 0.343 e. The van der Waals surface area contributed by atoms with Crippen LogP contribution in [0.25, 0.3) is 0 Å². The average molecular weight is 497 g/mol. The van der Waals surface area contributed by atoms with Crippen molar-refractivity contribution in [3.8, 4) is 23.0 Å². The zero-order valence-electron chi connectivity index (χ0n) is 19.3. The van der Waals surface area contributed by atoms with E-state index in [2.05, 4.69) is 10.5 Å². The molecule has 0 saturated carbocycles. The summed E-state index contributed by atoms with van der Waals surface area (Å²) >= 11 is 5.81. The first-order valence-corrected chi connectivity index (χ1v) is 11.2. The zero-order valence-corrected chi connectivity index (χ0v) is 20.1. The minimum absolute atomic E-state index is 0.205. The van der Waals surface area contributed by atoms with Crippen molar-refractivity contribution in [2.75, 3.05) is 20.3 Å². The number of halogens is 1. The van der Waals surface area contributed by atoms with Gasteiger partial charge in [0, 0.05) is 5.02 Å². The molecule has 0 bridgehead atoms. The fourth-order valence-corrected chi connectivity index (χ4v) is 2.93. The largest absolute Gasteiger partial charge is 0.494 e. The van der Waals surface area contributed by atoms with E-state index >= 15 is 0 Å². The fourth-order valence-electron chi connectivity index (χ4n) is 2.81. The maximum atomic E-state index is 12.5. The van der Waals surface area contributed by atoms with Gasteiger partial charge in [-0.3, -0.25) is 4.79 Å². The van der Waals surface area contributed by atoms with Crippen molar-refractivity contribution >= 4 is 29.7 Å². The van der Waals surface area contributed by atoms with Gasteiger partial charge in [0.05, 0.1) is 25.5 Å². The number of hydrogen-bond donors (Lipinski definition) is 1. The third-order valence-electron chi connectivity index (χ3n) is 4.54. The van der Waals surface area contributed by atoms with Crippen LogP contribution in [0.1, 0.15) is 29.3 Å². The van der Waals surface area contributed by atoms with E-state index in [9.17, 15) is 9.59 Å². The first-order valence-electron chi connectivity index (χ1n) is 10.8. The highest BCUT2D eigenvalue weighted by atomic mass is 35.5. The summed E-state index contributed by atoms with van der Waals surface area (Å²) in [6.07, 6.45) is 2.33. The minimum atomic E-state index is -0.528. The molecule has 35 heavy (non-hydrogen) atoms. The number of hydrazone groups is 1. The van der Waals surface area contributed by atoms with Gasteiger partial charge in [0.2, 0.25) is 0 Å². The molecule has 0 heterocycles. The van der Waals surface area contributed by atoms with E-state index in [1.807, 2.05) is 6.92 Å². The summed E-state index contributed by atoms with van der Waals surface area (Å²) < 4.78 is 21.7. The molecule has 0 fully saturated rings. The van der Waals surface area contributed by atoms with Crippen LogP contribution in [0.3, 0.4) is 0 Å². The second kappa shape index (κ2) is 13.0. The fraction of sp³-hybridized carbons (Fsp3) is 0.192. The molecule has 0 aliphatic heterocycles. The number of ether oxygens (including phenoxy) is 4. The molecule has 9 heteroatoms. The van der Waals surface area contributed by atoms with Crippen molar-refractivity contribution in [3.05, 3.63) is 82.9 Å². The van der Waals surface area contributed by atoms with Gasteiger partial charge < -0.3 is 18.9 Å². The highest BCUT2D eigenvalue weighted by Crippen LogP contribution is 2.28. The molecule has 1 N–H and O–H groups in total. The molecular weight excluding hydrogens is 472 g/mol. The Bertz CT molecular complexity index is 1160. The van der Waals surface area contributed by atoms with Gasteiger partial charge in [-0.25, -0.2) is 10.2 Å². The highest BCUT2D eigenvalue weighted by Gasteiger charge is 2.13. The van der Waals surface area contributed by atoms with Gasteiger partial charge >= 0.3 is 5.97 Å². The number of benzene rings is 3. The van der Waals surface area contributed by atoms with E-state index in [1.165, 1.54) is 13.3 Å². The Kier molecular flexibility index (Phi) is 9.50. The van der Waals surface area contributed by atoms with Gasteiger partial charge in [-0.15, -0.1) is 0 Å². The van der Waals surface area contributed by atoms with E-state index < -0.39 is 11.9 Å². The Morgan fingerprint density at radius 1 is 0.943 bits per heavy atom. The van der Waals surface area contributed by atoms with Gasteiger partial charge in [0.25, 0.3) is 5.91 Å². The number of nitrogens with one attached hydrogen (secondary N) is 1. The lowest BCUT2D eigenvalue weighted by Gasteiger charge is -2.10. The first-order chi connectivity index (χ1) is 17.0. The number of methoxy groups -OCH3 is 1. The summed E-state index contributed by atoms with van der Waals surface area (Å²) in [7, 11) is 1.46. The Labute approximate surface area is 208 Å². The van der Waals surface area contributed by atoms with Gasteiger partial charge in [-0.2, -0.15) is 5.10 Å². The van der Waals surface area contributed by atoms with Crippen molar-refractivity contribution in [1.82, 2.24) is 5.43 Å². The lowest BCUT2D eigenvalue weighted by molar-refractivity contribution is -0.123. The Morgan fingerprint density at radius 2 is 1.63 bits per heavy atom. The summed E-state index contributed by atoms with van der Waals surface area (Å²) in [5, 5.41) is 4.49. The molecule has 0 spiro atoms. The summed E-state index contributed by atoms with van der Waals surface area (Å²) in [6, 6.07) is 18.3. The molecule has 0 radical (unpaired) electrons. The summed E-state index contributed by atoms with van der Waals surface area (Å²) in [5.74, 6) is 0.834. The van der Waals surface area contributed by atoms with Gasteiger partial charge in [-0.1, -0.05) is 18.5 Å². The predicted molar refractivity (Wildman–Crippen MR) is 133 cm³/mol. The number of rotatable bonds is 11. The van der Waals surface area contributed by atoms with Gasteiger partial charge in [-0.05, 0) is 78.7 Å². The average Bonchev–Trinajstić information content (AvgIpc) is 2.88. The zero-order chi connectivity index (χ0) is 25.0. The first kappa shape index (κ1) is 25.6. The van der Waals surface area contributed by atoms with Crippen molar-refractivity contribution in [1.29, 1.82) is 0 Å². The Morgan fingerprint density at radius 3 is 2.31 bits per heavy atom. The van der Waals surface area contributed by atoms with Crippen molar-refractivity contribution in [2.45, 2.75) is 13.3 Å². The third-order valence-corrected chi connectivity index (χ3v) is 4.79. The second-order valence-corrected chi connectivity index (χ2v) is 7.64. The molecular formula is C26H25ClN2O6. The van der Waals surface area contributed by atoms with E-state index in [4.69, 9.17) is 30.5 Å². The van der Waals surface area contributed by atoms with Crippen LogP contribution < -0.4 is 24.4 Å². The number of carbonyl (C=O) groups excluding carboxylic acids is 2. The molecule has 0 aromatic heterocycles. The molecule has 0 unspecified atom stereocenters. The quantitative estimate of drug-likeness (QED) is 0.176. The van der Waals surface area contributed by atoms with Crippen LogP contribution in [0.4, 0.5) is 0 Å². The minimum Gasteiger partial charge on any atom is -0.494 e. The molecule has 182 valence electrons. The normalized spacial score (nSPS) is 10.6. The maximum absolute atomic E-state index is 12.5. The second-order valence-electron chi connectivity index (χ2n) is 7.21. The molecule has 0 aliphatic rings.